The molecule has 3 fully saturated rings. The molecule has 2 atom stereocenters. The molecular formula is C16H21N3O2. The van der Waals surface area contributed by atoms with Crippen LogP contribution in [0.5, 0.6) is 11.5 Å². The zero-order valence-electron chi connectivity index (χ0n) is 12.5. The number of hydrogen-bond acceptors (Lipinski definition) is 5. The van der Waals surface area contributed by atoms with E-state index in [1.54, 1.807) is 7.11 Å². The van der Waals surface area contributed by atoms with Gasteiger partial charge in [0.2, 0.25) is 0 Å². The Bertz CT molecular complexity index is 593. The molecule has 4 heterocycles. The van der Waals surface area contributed by atoms with Gasteiger partial charge in [-0.25, -0.2) is 0 Å². The molecule has 21 heavy (non-hydrogen) atoms. The third-order valence-corrected chi connectivity index (χ3v) is 5.16. The summed E-state index contributed by atoms with van der Waals surface area (Å²) < 4.78 is 5.14. The SMILES string of the molecule is COc1ccc(C2C3C(=NN2C)C2CCN3CC2)cc1O. The number of ether oxygens (including phenoxy) is 1. The summed E-state index contributed by atoms with van der Waals surface area (Å²) >= 11 is 0. The minimum atomic E-state index is 0.194. The van der Waals surface area contributed by atoms with Gasteiger partial charge in [-0.05, 0) is 43.6 Å². The van der Waals surface area contributed by atoms with Crippen LogP contribution in [0.15, 0.2) is 23.3 Å². The van der Waals surface area contributed by atoms with Gasteiger partial charge in [0.15, 0.2) is 11.5 Å². The van der Waals surface area contributed by atoms with E-state index in [9.17, 15) is 5.11 Å². The first-order valence-electron chi connectivity index (χ1n) is 7.61. The lowest BCUT2D eigenvalue weighted by Crippen LogP contribution is -2.56. The monoisotopic (exact) mass is 287 g/mol. The topological polar surface area (TPSA) is 48.3 Å². The highest BCUT2D eigenvalue weighted by molar-refractivity contribution is 5.95. The van der Waals surface area contributed by atoms with Crippen molar-refractivity contribution in [3.63, 3.8) is 0 Å². The van der Waals surface area contributed by atoms with E-state index in [4.69, 9.17) is 9.84 Å². The molecule has 0 aliphatic carbocycles. The average Bonchev–Trinajstić information content (AvgIpc) is 2.87. The van der Waals surface area contributed by atoms with Crippen molar-refractivity contribution in [2.45, 2.75) is 24.9 Å². The highest BCUT2D eigenvalue weighted by atomic mass is 16.5. The lowest BCUT2D eigenvalue weighted by molar-refractivity contribution is 0.106. The Morgan fingerprint density at radius 1 is 1.24 bits per heavy atom. The molecule has 1 aromatic rings. The van der Waals surface area contributed by atoms with Crippen LogP contribution in [0.2, 0.25) is 0 Å². The minimum absolute atomic E-state index is 0.194. The number of rotatable bonds is 2. The fourth-order valence-electron chi connectivity index (χ4n) is 4.14. The molecule has 0 aromatic heterocycles. The number of hydrogen-bond donors (Lipinski definition) is 1. The Labute approximate surface area is 124 Å². The summed E-state index contributed by atoms with van der Waals surface area (Å²) in [4.78, 5) is 2.55. The Hall–Kier alpha value is -1.75. The quantitative estimate of drug-likeness (QED) is 0.901. The number of nitrogens with zero attached hydrogens (tertiary/aromatic N) is 3. The Morgan fingerprint density at radius 3 is 2.67 bits per heavy atom. The molecule has 5 heteroatoms. The molecular weight excluding hydrogens is 266 g/mol. The zero-order valence-corrected chi connectivity index (χ0v) is 12.5. The van der Waals surface area contributed by atoms with E-state index in [1.165, 1.54) is 31.6 Å². The number of hydrazone groups is 1. The summed E-state index contributed by atoms with van der Waals surface area (Å²) in [5, 5.41) is 17.0. The molecule has 3 saturated heterocycles. The van der Waals surface area contributed by atoms with Gasteiger partial charge >= 0.3 is 0 Å². The standard InChI is InChI=1S/C16H21N3O2/c1-18-15(11-3-4-13(21-2)12(20)9-11)16-14(17-18)10-5-7-19(16)8-6-10/h3-4,9-10,15-16,20H,5-8H2,1-2H3. The molecule has 0 saturated carbocycles. The molecule has 0 spiro atoms. The molecule has 4 aliphatic rings. The van der Waals surface area contributed by atoms with E-state index in [1.807, 2.05) is 25.2 Å². The number of aromatic hydroxyl groups is 1. The summed E-state index contributed by atoms with van der Waals surface area (Å²) in [7, 11) is 3.61. The van der Waals surface area contributed by atoms with Crippen LogP contribution in [0.25, 0.3) is 0 Å². The van der Waals surface area contributed by atoms with Crippen molar-refractivity contribution in [1.82, 2.24) is 9.91 Å². The smallest absolute Gasteiger partial charge is 0.160 e. The molecule has 0 radical (unpaired) electrons. The molecule has 4 aliphatic heterocycles. The van der Waals surface area contributed by atoms with E-state index < -0.39 is 0 Å². The van der Waals surface area contributed by atoms with E-state index >= 15 is 0 Å². The zero-order chi connectivity index (χ0) is 14.6. The van der Waals surface area contributed by atoms with Crippen LogP contribution in [-0.4, -0.2) is 54.0 Å². The number of likely N-dealkylation sites (N-methyl/N-ethyl adjacent to an activating group) is 1. The average molecular weight is 287 g/mol. The van der Waals surface area contributed by atoms with Gasteiger partial charge in [0.25, 0.3) is 0 Å². The van der Waals surface area contributed by atoms with E-state index in [-0.39, 0.29) is 11.8 Å². The van der Waals surface area contributed by atoms with Crippen molar-refractivity contribution in [3.05, 3.63) is 23.8 Å². The van der Waals surface area contributed by atoms with Crippen molar-refractivity contribution in [2.75, 3.05) is 27.2 Å². The summed E-state index contributed by atoms with van der Waals surface area (Å²) in [6, 6.07) is 6.27. The van der Waals surface area contributed by atoms with Crippen molar-refractivity contribution in [1.29, 1.82) is 0 Å². The lowest BCUT2D eigenvalue weighted by atomic mass is 9.78. The molecule has 2 bridgehead atoms. The second-order valence-electron chi connectivity index (χ2n) is 6.23. The predicted molar refractivity (Wildman–Crippen MR) is 80.7 cm³/mol. The Kier molecular flexibility index (Phi) is 2.85. The number of piperidine rings is 3. The van der Waals surface area contributed by atoms with Gasteiger partial charge in [0.05, 0.1) is 24.9 Å². The number of benzene rings is 1. The third-order valence-electron chi connectivity index (χ3n) is 5.16. The summed E-state index contributed by atoms with van der Waals surface area (Å²) in [6.45, 7) is 2.33. The third kappa shape index (κ3) is 1.83. The van der Waals surface area contributed by atoms with Gasteiger partial charge in [0, 0.05) is 13.0 Å². The number of phenols is 1. The maximum absolute atomic E-state index is 10.1. The first-order chi connectivity index (χ1) is 10.2. The Morgan fingerprint density at radius 2 is 2.00 bits per heavy atom. The van der Waals surface area contributed by atoms with Gasteiger partial charge in [-0.15, -0.1) is 0 Å². The van der Waals surface area contributed by atoms with Gasteiger partial charge in [-0.2, -0.15) is 5.10 Å². The van der Waals surface area contributed by atoms with Crippen molar-refractivity contribution >= 4 is 5.71 Å². The maximum atomic E-state index is 10.1. The fourth-order valence-corrected chi connectivity index (χ4v) is 4.14. The fraction of sp³-hybridized carbons (Fsp3) is 0.562. The number of methoxy groups -OCH3 is 1. The van der Waals surface area contributed by atoms with Gasteiger partial charge in [-0.1, -0.05) is 6.07 Å². The van der Waals surface area contributed by atoms with E-state index in [0.717, 1.165) is 5.56 Å². The number of phenolic OH excluding ortho intramolecular Hbond substituents is 1. The van der Waals surface area contributed by atoms with Crippen LogP contribution in [-0.2, 0) is 0 Å². The van der Waals surface area contributed by atoms with Gasteiger partial charge < -0.3 is 9.84 Å². The van der Waals surface area contributed by atoms with Crippen LogP contribution < -0.4 is 4.74 Å². The molecule has 112 valence electrons. The molecule has 2 unspecified atom stereocenters. The molecule has 5 rings (SSSR count). The molecule has 0 amide bonds. The van der Waals surface area contributed by atoms with Crippen LogP contribution in [0.1, 0.15) is 24.4 Å². The highest BCUT2D eigenvalue weighted by Gasteiger charge is 2.48. The lowest BCUT2D eigenvalue weighted by Gasteiger charge is -2.46. The first-order valence-corrected chi connectivity index (χ1v) is 7.61. The molecule has 1 aromatic carbocycles. The Balaban J connectivity index is 1.71. The van der Waals surface area contributed by atoms with Crippen molar-refractivity contribution in [2.24, 2.45) is 11.0 Å². The van der Waals surface area contributed by atoms with E-state index in [0.29, 0.717) is 17.7 Å². The second-order valence-corrected chi connectivity index (χ2v) is 6.23. The van der Waals surface area contributed by atoms with Crippen LogP contribution >= 0.6 is 0 Å². The van der Waals surface area contributed by atoms with Crippen molar-refractivity contribution < 1.29 is 9.84 Å². The highest BCUT2D eigenvalue weighted by Crippen LogP contribution is 2.43. The van der Waals surface area contributed by atoms with Crippen LogP contribution in [0.3, 0.4) is 0 Å². The summed E-state index contributed by atoms with van der Waals surface area (Å²) in [5.41, 5.74) is 2.45. The summed E-state index contributed by atoms with van der Waals surface area (Å²) in [5.74, 6) is 1.37. The molecule has 1 N–H and O–H groups in total. The normalized spacial score (nSPS) is 33.8. The maximum Gasteiger partial charge on any atom is 0.160 e. The van der Waals surface area contributed by atoms with Crippen LogP contribution in [0, 0.1) is 5.92 Å². The van der Waals surface area contributed by atoms with Crippen molar-refractivity contribution in [3.8, 4) is 11.5 Å². The first kappa shape index (κ1) is 13.0. The van der Waals surface area contributed by atoms with Gasteiger partial charge in [-0.3, -0.25) is 9.91 Å². The number of fused-ring (bicyclic) bond motifs is 2. The largest absolute Gasteiger partial charge is 0.504 e. The van der Waals surface area contributed by atoms with E-state index in [2.05, 4.69) is 9.91 Å². The summed E-state index contributed by atoms with van der Waals surface area (Å²) in [6.07, 6.45) is 2.48. The van der Waals surface area contributed by atoms with Crippen LogP contribution in [0.4, 0.5) is 0 Å². The second kappa shape index (κ2) is 4.63. The molecule has 5 nitrogen and oxygen atoms in total. The van der Waals surface area contributed by atoms with Gasteiger partial charge in [0.1, 0.15) is 0 Å². The minimum Gasteiger partial charge on any atom is -0.504 e. The predicted octanol–water partition coefficient (Wildman–Crippen LogP) is 1.84.